The Hall–Kier alpha value is -0.650. The molecule has 1 fully saturated rings. The molecule has 0 aliphatic heterocycles. The van der Waals surface area contributed by atoms with E-state index in [-0.39, 0.29) is 0 Å². The quantitative estimate of drug-likeness (QED) is 0.591. The number of rotatable bonds is 11. The van der Waals surface area contributed by atoms with Crippen molar-refractivity contribution in [1.29, 1.82) is 0 Å². The topological polar surface area (TPSA) is 61.8 Å². The molecule has 1 rings (SSSR count). The molecule has 1 aliphatic rings. The van der Waals surface area contributed by atoms with Crippen LogP contribution in [0.5, 0.6) is 0 Å². The molecule has 0 aromatic carbocycles. The maximum Gasteiger partial charge on any atom is 0.322 e. The molecule has 0 amide bonds. The molecule has 2 atom stereocenters. The van der Waals surface area contributed by atoms with Crippen LogP contribution in [-0.4, -0.2) is 61.4 Å². The van der Waals surface area contributed by atoms with Gasteiger partial charge in [0, 0.05) is 26.2 Å². The minimum atomic E-state index is -0.765. The van der Waals surface area contributed by atoms with E-state index in [0.717, 1.165) is 25.4 Å². The fourth-order valence-electron chi connectivity index (χ4n) is 2.33. The SMILES string of the molecule is CCCNC(CN(CCOC)C(C)C1CC1)C(=O)O. The molecule has 5 heteroatoms. The van der Waals surface area contributed by atoms with Gasteiger partial charge in [-0.25, -0.2) is 0 Å². The van der Waals surface area contributed by atoms with Gasteiger partial charge in [-0.15, -0.1) is 0 Å². The molecule has 2 unspecified atom stereocenters. The zero-order chi connectivity index (χ0) is 14.3. The summed E-state index contributed by atoms with van der Waals surface area (Å²) in [4.78, 5) is 13.6. The highest BCUT2D eigenvalue weighted by atomic mass is 16.5. The summed E-state index contributed by atoms with van der Waals surface area (Å²) < 4.78 is 5.14. The van der Waals surface area contributed by atoms with Crippen molar-refractivity contribution < 1.29 is 14.6 Å². The van der Waals surface area contributed by atoms with Crippen LogP contribution < -0.4 is 5.32 Å². The Balaban J connectivity index is 2.53. The average molecular weight is 272 g/mol. The molecule has 112 valence electrons. The molecule has 0 aromatic rings. The second-order valence-corrected chi connectivity index (χ2v) is 5.41. The van der Waals surface area contributed by atoms with Crippen molar-refractivity contribution in [3.05, 3.63) is 0 Å². The van der Waals surface area contributed by atoms with Crippen LogP contribution in [0.15, 0.2) is 0 Å². The van der Waals surface area contributed by atoms with E-state index in [1.165, 1.54) is 12.8 Å². The van der Waals surface area contributed by atoms with E-state index in [1.54, 1.807) is 7.11 Å². The van der Waals surface area contributed by atoms with Gasteiger partial charge in [-0.3, -0.25) is 9.69 Å². The number of aliphatic carboxylic acids is 1. The summed E-state index contributed by atoms with van der Waals surface area (Å²) in [6, 6.07) is -0.0431. The van der Waals surface area contributed by atoms with Gasteiger partial charge >= 0.3 is 5.97 Å². The number of hydrogen-bond acceptors (Lipinski definition) is 4. The fraction of sp³-hybridized carbons (Fsp3) is 0.929. The lowest BCUT2D eigenvalue weighted by Gasteiger charge is -2.31. The van der Waals surface area contributed by atoms with Gasteiger partial charge in [-0.2, -0.15) is 0 Å². The molecule has 5 nitrogen and oxygen atoms in total. The van der Waals surface area contributed by atoms with E-state index in [4.69, 9.17) is 4.74 Å². The highest BCUT2D eigenvalue weighted by Gasteiger charge is 2.33. The minimum Gasteiger partial charge on any atom is -0.480 e. The molecule has 19 heavy (non-hydrogen) atoms. The van der Waals surface area contributed by atoms with Crippen LogP contribution >= 0.6 is 0 Å². The number of ether oxygens (including phenoxy) is 1. The predicted octanol–water partition coefficient (Wildman–Crippen LogP) is 1.19. The number of hydrogen-bond donors (Lipinski definition) is 2. The number of carboxylic acids is 1. The summed E-state index contributed by atoms with van der Waals surface area (Å²) in [6.07, 6.45) is 3.48. The smallest absolute Gasteiger partial charge is 0.322 e. The summed E-state index contributed by atoms with van der Waals surface area (Å²) >= 11 is 0. The summed E-state index contributed by atoms with van der Waals surface area (Å²) in [5.74, 6) is -0.0312. The minimum absolute atomic E-state index is 0.445. The molecule has 1 aliphatic carbocycles. The van der Waals surface area contributed by atoms with E-state index in [1.807, 2.05) is 6.92 Å². The largest absolute Gasteiger partial charge is 0.480 e. The molecule has 2 N–H and O–H groups in total. The Morgan fingerprint density at radius 1 is 1.53 bits per heavy atom. The summed E-state index contributed by atoms with van der Waals surface area (Å²) in [5, 5.41) is 12.4. The van der Waals surface area contributed by atoms with E-state index < -0.39 is 12.0 Å². The van der Waals surface area contributed by atoms with Gasteiger partial charge in [0.05, 0.1) is 6.61 Å². The number of methoxy groups -OCH3 is 1. The molecule has 0 saturated heterocycles. The Labute approximate surface area is 116 Å². The zero-order valence-corrected chi connectivity index (χ0v) is 12.4. The highest BCUT2D eigenvalue weighted by molar-refractivity contribution is 5.73. The van der Waals surface area contributed by atoms with E-state index >= 15 is 0 Å². The zero-order valence-electron chi connectivity index (χ0n) is 12.4. The number of carbonyl (C=O) groups is 1. The normalized spacial score (nSPS) is 18.5. The molecule has 0 aromatic heterocycles. The van der Waals surface area contributed by atoms with Crippen LogP contribution in [-0.2, 0) is 9.53 Å². The van der Waals surface area contributed by atoms with Crippen molar-refractivity contribution in [2.24, 2.45) is 5.92 Å². The van der Waals surface area contributed by atoms with Gasteiger partial charge in [0.2, 0.25) is 0 Å². The van der Waals surface area contributed by atoms with Gasteiger partial charge < -0.3 is 15.2 Å². The van der Waals surface area contributed by atoms with Crippen molar-refractivity contribution in [2.75, 3.05) is 33.4 Å². The number of nitrogens with zero attached hydrogens (tertiary/aromatic N) is 1. The van der Waals surface area contributed by atoms with Crippen LogP contribution in [0.4, 0.5) is 0 Å². The van der Waals surface area contributed by atoms with Crippen molar-refractivity contribution in [3.8, 4) is 0 Å². The molecule has 0 radical (unpaired) electrons. The van der Waals surface area contributed by atoms with Crippen molar-refractivity contribution in [1.82, 2.24) is 10.2 Å². The van der Waals surface area contributed by atoms with Crippen LogP contribution in [0.3, 0.4) is 0 Å². The van der Waals surface area contributed by atoms with Gasteiger partial charge in [0.1, 0.15) is 6.04 Å². The number of nitrogens with one attached hydrogen (secondary N) is 1. The number of carboxylic acid groups (broad SMARTS) is 1. The van der Waals surface area contributed by atoms with Gasteiger partial charge in [0.15, 0.2) is 0 Å². The predicted molar refractivity (Wildman–Crippen MR) is 75.4 cm³/mol. The van der Waals surface area contributed by atoms with Crippen LogP contribution in [0.1, 0.15) is 33.1 Å². The second-order valence-electron chi connectivity index (χ2n) is 5.41. The maximum absolute atomic E-state index is 11.3. The first-order chi connectivity index (χ1) is 9.10. The lowest BCUT2D eigenvalue weighted by molar-refractivity contribution is -0.140. The van der Waals surface area contributed by atoms with Crippen molar-refractivity contribution in [3.63, 3.8) is 0 Å². The third kappa shape index (κ3) is 5.89. The molecule has 0 heterocycles. The third-order valence-electron chi connectivity index (χ3n) is 3.82. The third-order valence-corrected chi connectivity index (χ3v) is 3.82. The standard InChI is InChI=1S/C14H28N2O3/c1-4-7-15-13(14(17)18)10-16(8-9-19-3)11(2)12-5-6-12/h11-13,15H,4-10H2,1-3H3,(H,17,18). The van der Waals surface area contributed by atoms with Crippen molar-refractivity contribution in [2.45, 2.75) is 45.2 Å². The van der Waals surface area contributed by atoms with Crippen molar-refractivity contribution >= 4 is 5.97 Å². The fourth-order valence-corrected chi connectivity index (χ4v) is 2.33. The van der Waals surface area contributed by atoms with E-state index in [0.29, 0.717) is 19.2 Å². The Morgan fingerprint density at radius 3 is 2.68 bits per heavy atom. The first-order valence-electron chi connectivity index (χ1n) is 7.29. The lowest BCUT2D eigenvalue weighted by Crippen LogP contribution is -2.50. The van der Waals surface area contributed by atoms with Gasteiger partial charge in [0.25, 0.3) is 0 Å². The Kier molecular flexibility index (Phi) is 7.34. The van der Waals surface area contributed by atoms with Crippen LogP contribution in [0, 0.1) is 5.92 Å². The molecular formula is C14H28N2O3. The first-order valence-corrected chi connectivity index (χ1v) is 7.29. The maximum atomic E-state index is 11.3. The van der Waals surface area contributed by atoms with E-state index in [9.17, 15) is 9.90 Å². The second kappa shape index (κ2) is 8.51. The van der Waals surface area contributed by atoms with Crippen LogP contribution in [0.2, 0.25) is 0 Å². The first kappa shape index (κ1) is 16.4. The van der Waals surface area contributed by atoms with Gasteiger partial charge in [-0.1, -0.05) is 6.92 Å². The lowest BCUT2D eigenvalue weighted by atomic mass is 10.1. The van der Waals surface area contributed by atoms with Crippen LogP contribution in [0.25, 0.3) is 0 Å². The monoisotopic (exact) mass is 272 g/mol. The van der Waals surface area contributed by atoms with E-state index in [2.05, 4.69) is 17.1 Å². The molecule has 0 bridgehead atoms. The average Bonchev–Trinajstić information content (AvgIpc) is 3.21. The highest BCUT2D eigenvalue weighted by Crippen LogP contribution is 2.35. The molecule has 0 spiro atoms. The Bertz CT molecular complexity index is 269. The summed E-state index contributed by atoms with van der Waals surface area (Å²) in [5.41, 5.74) is 0. The summed E-state index contributed by atoms with van der Waals surface area (Å²) in [6.45, 7) is 6.99. The summed E-state index contributed by atoms with van der Waals surface area (Å²) in [7, 11) is 1.68. The molecule has 1 saturated carbocycles. The molecular weight excluding hydrogens is 244 g/mol. The Morgan fingerprint density at radius 2 is 2.21 bits per heavy atom. The van der Waals surface area contributed by atoms with Gasteiger partial charge in [-0.05, 0) is 38.6 Å².